The van der Waals surface area contributed by atoms with Gasteiger partial charge in [-0.3, -0.25) is 0 Å². The van der Waals surface area contributed by atoms with Gasteiger partial charge in [-0.25, -0.2) is 0 Å². The van der Waals surface area contributed by atoms with Gasteiger partial charge in [0, 0.05) is 8.33 Å². The maximum absolute atomic E-state index is 9.08. The first-order chi connectivity index (χ1) is 11.3. The topological polar surface area (TPSA) is 48.8 Å². The van der Waals surface area contributed by atoms with E-state index in [1.807, 2.05) is 0 Å². The lowest BCUT2D eigenvalue weighted by Gasteiger charge is -2.62. The minimum Gasteiger partial charge on any atom is -0.0892 e. The highest BCUT2D eigenvalue weighted by Gasteiger charge is 2.60. The number of nitrogens with zero attached hydrogens (tertiary/aromatic N) is 3. The van der Waals surface area contributed by atoms with Gasteiger partial charge in [-0.05, 0) is 91.4 Å². The van der Waals surface area contributed by atoms with Crippen LogP contribution in [0.3, 0.4) is 0 Å². The maximum atomic E-state index is 9.08. The van der Waals surface area contributed by atoms with Crippen LogP contribution in [0.5, 0.6) is 0 Å². The van der Waals surface area contributed by atoms with Gasteiger partial charge in [-0.15, -0.1) is 0 Å². The predicted octanol–water partition coefficient (Wildman–Crippen LogP) is 6.90. The smallest absolute Gasteiger partial charge is 0.0522 e. The number of fused-ring (bicyclic) bond motifs is 5. The second kappa shape index (κ2) is 5.77. The van der Waals surface area contributed by atoms with Crippen molar-refractivity contribution >= 4 is 22.6 Å². The van der Waals surface area contributed by atoms with E-state index in [1.54, 1.807) is 0 Å². The summed E-state index contributed by atoms with van der Waals surface area (Å²) in [7, 11) is 0. The molecule has 4 aliphatic carbocycles. The highest BCUT2D eigenvalue weighted by atomic mass is 127. The van der Waals surface area contributed by atoms with Gasteiger partial charge < -0.3 is 0 Å². The van der Waals surface area contributed by atoms with Gasteiger partial charge in [0.05, 0.1) is 6.04 Å². The monoisotopic (exact) mass is 441 g/mol. The molecule has 0 aromatic rings. The molecule has 4 fully saturated rings. The van der Waals surface area contributed by atoms with Crippen molar-refractivity contribution in [1.29, 1.82) is 0 Å². The molecule has 4 unspecified atom stereocenters. The van der Waals surface area contributed by atoms with E-state index in [0.717, 1.165) is 30.1 Å². The number of azide groups is 1. The minimum absolute atomic E-state index is 0.136. The molecule has 0 aromatic carbocycles. The fourth-order valence-electron chi connectivity index (χ4n) is 7.65. The van der Waals surface area contributed by atoms with Crippen molar-refractivity contribution in [3.8, 4) is 0 Å². The van der Waals surface area contributed by atoms with Crippen LogP contribution >= 0.6 is 22.6 Å². The van der Waals surface area contributed by atoms with Gasteiger partial charge in [0.2, 0.25) is 0 Å². The molecular formula is C20H32IN3. The number of hydrogen-bond acceptors (Lipinski definition) is 1. The zero-order valence-corrected chi connectivity index (χ0v) is 17.6. The van der Waals surface area contributed by atoms with E-state index < -0.39 is 0 Å². The van der Waals surface area contributed by atoms with Crippen molar-refractivity contribution < 1.29 is 0 Å². The quantitative estimate of drug-likeness (QED) is 0.140. The maximum Gasteiger partial charge on any atom is 0.0522 e. The lowest BCUT2D eigenvalue weighted by atomic mass is 9.44. The molecule has 4 heteroatoms. The average molecular weight is 441 g/mol. The van der Waals surface area contributed by atoms with Crippen LogP contribution in [-0.4, -0.2) is 9.46 Å². The van der Waals surface area contributed by atoms with Crippen molar-refractivity contribution in [3.05, 3.63) is 10.4 Å². The average Bonchev–Trinajstić information content (AvgIpc) is 2.90. The van der Waals surface area contributed by atoms with E-state index in [2.05, 4.69) is 53.4 Å². The summed E-state index contributed by atoms with van der Waals surface area (Å²) in [5, 5.41) is 4.26. The summed E-state index contributed by atoms with van der Waals surface area (Å²) in [5.41, 5.74) is 10.1. The molecule has 0 N–H and O–H groups in total. The predicted molar refractivity (Wildman–Crippen MR) is 107 cm³/mol. The van der Waals surface area contributed by atoms with Crippen LogP contribution in [0.15, 0.2) is 5.11 Å². The molecule has 0 aromatic heterocycles. The van der Waals surface area contributed by atoms with Gasteiger partial charge in [-0.2, -0.15) is 0 Å². The van der Waals surface area contributed by atoms with Crippen molar-refractivity contribution in [1.82, 2.24) is 0 Å². The summed E-state index contributed by atoms with van der Waals surface area (Å²) in [6.45, 7) is 7.46. The van der Waals surface area contributed by atoms with E-state index in [1.165, 1.54) is 51.4 Å². The van der Waals surface area contributed by atoms with Crippen molar-refractivity contribution in [2.45, 2.75) is 88.0 Å². The largest absolute Gasteiger partial charge is 0.0892 e. The number of hydrogen-bond donors (Lipinski definition) is 0. The first kappa shape index (κ1) is 17.5. The molecule has 3 nitrogen and oxygen atoms in total. The SMILES string of the molecule is C[C@]12CCCC1C1CCC3C[C@@](C)(I)[C@H](N=[N+]=[N-])C[C@@]3(C)C1CC2. The Morgan fingerprint density at radius 3 is 2.54 bits per heavy atom. The Labute approximate surface area is 160 Å². The number of rotatable bonds is 1. The van der Waals surface area contributed by atoms with Crippen LogP contribution in [0, 0.1) is 34.5 Å². The fraction of sp³-hybridized carbons (Fsp3) is 1.00. The van der Waals surface area contributed by atoms with Gasteiger partial charge >= 0.3 is 0 Å². The first-order valence-electron chi connectivity index (χ1n) is 10.0. The third kappa shape index (κ3) is 2.46. The summed E-state index contributed by atoms with van der Waals surface area (Å²) in [4.78, 5) is 3.21. The fourth-order valence-corrected chi connectivity index (χ4v) is 8.53. The van der Waals surface area contributed by atoms with Gasteiger partial charge in [-0.1, -0.05) is 54.9 Å². The van der Waals surface area contributed by atoms with Crippen LogP contribution in [0.1, 0.15) is 78.6 Å². The van der Waals surface area contributed by atoms with Crippen LogP contribution in [0.25, 0.3) is 10.4 Å². The zero-order valence-electron chi connectivity index (χ0n) is 15.5. The van der Waals surface area contributed by atoms with Gasteiger partial charge in [0.1, 0.15) is 0 Å². The molecule has 0 saturated heterocycles. The Morgan fingerprint density at radius 2 is 1.79 bits per heavy atom. The third-order valence-electron chi connectivity index (χ3n) is 9.01. The molecule has 0 amide bonds. The molecule has 4 saturated carbocycles. The molecular weight excluding hydrogens is 409 g/mol. The normalized spacial score (nSPS) is 56.6. The molecule has 4 rings (SSSR count). The molecule has 0 bridgehead atoms. The summed E-state index contributed by atoms with van der Waals surface area (Å²) >= 11 is 2.58. The lowest BCUT2D eigenvalue weighted by Crippen LogP contribution is -2.57. The number of alkyl halides is 1. The standard InChI is InChI=1S/C20H32IN3/c1-18-9-4-5-15(18)14-7-6-13-11-20(3,21)17(23-24-22)12-19(13,2)16(14)8-10-18/h13-17H,4-12H2,1-3H3/t13?,14?,15?,16?,17-,18-,19-,20-/m1/s1. The highest BCUT2D eigenvalue weighted by molar-refractivity contribution is 14.1. The Morgan fingerprint density at radius 1 is 1.00 bits per heavy atom. The first-order valence-corrected chi connectivity index (χ1v) is 11.1. The Kier molecular flexibility index (Phi) is 4.20. The molecule has 134 valence electrons. The second-order valence-corrected chi connectivity index (χ2v) is 12.6. The van der Waals surface area contributed by atoms with Crippen LogP contribution < -0.4 is 0 Å². The zero-order chi connectivity index (χ0) is 17.2. The lowest BCUT2D eigenvalue weighted by molar-refractivity contribution is -0.109. The van der Waals surface area contributed by atoms with E-state index in [0.29, 0.717) is 10.8 Å². The summed E-state index contributed by atoms with van der Waals surface area (Å²) in [6, 6.07) is 0.167. The van der Waals surface area contributed by atoms with Crippen LogP contribution in [0.2, 0.25) is 0 Å². The summed E-state index contributed by atoms with van der Waals surface area (Å²) in [6.07, 6.45) is 12.5. The molecule has 0 aliphatic heterocycles. The van der Waals surface area contributed by atoms with E-state index in [-0.39, 0.29) is 9.46 Å². The Hall–Kier alpha value is 0.0400. The van der Waals surface area contributed by atoms with Crippen molar-refractivity contribution in [2.75, 3.05) is 0 Å². The van der Waals surface area contributed by atoms with E-state index in [4.69, 9.17) is 5.53 Å². The molecule has 8 atom stereocenters. The van der Waals surface area contributed by atoms with Crippen LogP contribution in [0.4, 0.5) is 0 Å². The minimum atomic E-state index is 0.136. The molecule has 0 spiro atoms. The second-order valence-electron chi connectivity index (χ2n) is 10.1. The molecule has 24 heavy (non-hydrogen) atoms. The van der Waals surface area contributed by atoms with Crippen LogP contribution in [-0.2, 0) is 0 Å². The molecule has 4 aliphatic rings. The summed E-state index contributed by atoms with van der Waals surface area (Å²) in [5.74, 6) is 3.62. The number of halogens is 1. The molecule has 0 heterocycles. The van der Waals surface area contributed by atoms with Gasteiger partial charge in [0.15, 0.2) is 0 Å². The van der Waals surface area contributed by atoms with Crippen molar-refractivity contribution in [2.24, 2.45) is 39.6 Å². The van der Waals surface area contributed by atoms with Crippen molar-refractivity contribution in [3.63, 3.8) is 0 Å². The van der Waals surface area contributed by atoms with E-state index in [9.17, 15) is 0 Å². The van der Waals surface area contributed by atoms with E-state index >= 15 is 0 Å². The highest BCUT2D eigenvalue weighted by Crippen LogP contribution is 2.67. The third-order valence-corrected chi connectivity index (χ3v) is 10.2. The summed E-state index contributed by atoms with van der Waals surface area (Å²) < 4.78 is 0.136. The molecule has 0 radical (unpaired) electrons. The Bertz CT molecular complexity index is 569. The van der Waals surface area contributed by atoms with Gasteiger partial charge in [0.25, 0.3) is 0 Å². The Balaban J connectivity index is 1.65.